The summed E-state index contributed by atoms with van der Waals surface area (Å²) >= 11 is 0. The molecule has 3 heterocycles. The molecule has 0 saturated carbocycles. The molecule has 0 atom stereocenters. The van der Waals surface area contributed by atoms with Crippen LogP contribution in [0.4, 0.5) is 5.69 Å². The van der Waals surface area contributed by atoms with Crippen molar-refractivity contribution in [2.45, 2.75) is 0 Å². The number of benzene rings is 2. The van der Waals surface area contributed by atoms with Gasteiger partial charge in [-0.1, -0.05) is 18.2 Å². The molecule has 0 aliphatic carbocycles. The molecule has 0 saturated heterocycles. The highest BCUT2D eigenvalue weighted by atomic mass is 16.1. The zero-order valence-electron chi connectivity index (χ0n) is 13.8. The van der Waals surface area contributed by atoms with Gasteiger partial charge in [-0.15, -0.1) is 0 Å². The molecular weight excluding hydrogens is 326 g/mol. The monoisotopic (exact) mass is 341 g/mol. The molecule has 0 unspecified atom stereocenters. The maximum absolute atomic E-state index is 12.5. The number of fused-ring (bicyclic) bond motifs is 2. The first kappa shape index (κ1) is 14.7. The number of nitrogens with one attached hydrogen (secondary N) is 3. The first-order valence-corrected chi connectivity index (χ1v) is 8.35. The number of anilines is 1. The fraction of sp³-hybridized carbons (Fsp3) is 0.0500. The number of H-pyrrole nitrogens is 2. The number of aromatic amines is 2. The second kappa shape index (κ2) is 5.70. The van der Waals surface area contributed by atoms with Crippen molar-refractivity contribution in [1.82, 2.24) is 15.2 Å². The molecule has 6 nitrogen and oxygen atoms in total. The van der Waals surface area contributed by atoms with Gasteiger partial charge in [-0.2, -0.15) is 5.10 Å². The topological polar surface area (TPSA) is 85.9 Å². The van der Waals surface area contributed by atoms with Crippen molar-refractivity contribution in [2.24, 2.45) is 4.99 Å². The van der Waals surface area contributed by atoms with Gasteiger partial charge in [0.2, 0.25) is 0 Å². The molecule has 1 amide bonds. The molecule has 1 aliphatic rings. The Hall–Kier alpha value is -3.67. The Labute approximate surface area is 148 Å². The average Bonchev–Trinajstić information content (AvgIpc) is 3.40. The SMILES string of the molecule is O=C(Nc1cc(-c2cccc3[nH]ccc23)cc2[nH]ncc12)C1=NCC=C1. The number of aliphatic imine (C=N–C) groups is 1. The number of amides is 1. The molecule has 5 rings (SSSR count). The van der Waals surface area contributed by atoms with Crippen LogP contribution in [0.5, 0.6) is 0 Å². The number of carbonyl (C=O) groups is 1. The fourth-order valence-corrected chi connectivity index (χ4v) is 3.35. The number of carbonyl (C=O) groups excluding carboxylic acids is 1. The third-order valence-electron chi connectivity index (χ3n) is 4.59. The van der Waals surface area contributed by atoms with E-state index in [0.29, 0.717) is 17.9 Å². The van der Waals surface area contributed by atoms with Crippen LogP contribution >= 0.6 is 0 Å². The van der Waals surface area contributed by atoms with Gasteiger partial charge in [0.15, 0.2) is 0 Å². The highest BCUT2D eigenvalue weighted by Crippen LogP contribution is 2.33. The lowest BCUT2D eigenvalue weighted by molar-refractivity contribution is -0.110. The van der Waals surface area contributed by atoms with Crippen molar-refractivity contribution < 1.29 is 4.79 Å². The molecule has 3 N–H and O–H groups in total. The maximum atomic E-state index is 12.5. The molecule has 0 radical (unpaired) electrons. The Morgan fingerprint density at radius 2 is 2.08 bits per heavy atom. The Morgan fingerprint density at radius 1 is 1.12 bits per heavy atom. The highest BCUT2D eigenvalue weighted by Gasteiger charge is 2.15. The van der Waals surface area contributed by atoms with Gasteiger partial charge in [-0.25, -0.2) is 0 Å². The van der Waals surface area contributed by atoms with Crippen LogP contribution in [0, 0.1) is 0 Å². The maximum Gasteiger partial charge on any atom is 0.273 e. The summed E-state index contributed by atoms with van der Waals surface area (Å²) in [5.41, 5.74) is 5.20. The van der Waals surface area contributed by atoms with Crippen molar-refractivity contribution in [1.29, 1.82) is 0 Å². The van der Waals surface area contributed by atoms with E-state index in [1.165, 1.54) is 0 Å². The van der Waals surface area contributed by atoms with Crippen LogP contribution in [-0.2, 0) is 4.79 Å². The van der Waals surface area contributed by atoms with Gasteiger partial charge in [0.1, 0.15) is 5.71 Å². The van der Waals surface area contributed by atoms with Crippen LogP contribution < -0.4 is 5.32 Å². The van der Waals surface area contributed by atoms with Gasteiger partial charge in [-0.3, -0.25) is 14.9 Å². The third-order valence-corrected chi connectivity index (χ3v) is 4.59. The number of hydrogen-bond acceptors (Lipinski definition) is 3. The molecule has 0 fully saturated rings. The lowest BCUT2D eigenvalue weighted by Crippen LogP contribution is -2.20. The molecule has 2 aromatic carbocycles. The van der Waals surface area contributed by atoms with E-state index in [1.807, 2.05) is 36.5 Å². The van der Waals surface area contributed by atoms with E-state index < -0.39 is 0 Å². The molecule has 6 heteroatoms. The second-order valence-electron chi connectivity index (χ2n) is 6.18. The molecule has 26 heavy (non-hydrogen) atoms. The molecule has 0 spiro atoms. The van der Waals surface area contributed by atoms with Crippen LogP contribution in [0.15, 0.2) is 65.9 Å². The molecule has 1 aliphatic heterocycles. The predicted molar refractivity (Wildman–Crippen MR) is 103 cm³/mol. The van der Waals surface area contributed by atoms with E-state index in [4.69, 9.17) is 0 Å². The van der Waals surface area contributed by atoms with Crippen LogP contribution in [0.1, 0.15) is 0 Å². The first-order chi connectivity index (χ1) is 12.8. The number of hydrogen-bond donors (Lipinski definition) is 3. The summed E-state index contributed by atoms with van der Waals surface area (Å²) in [6.07, 6.45) is 7.26. The number of aromatic nitrogens is 3. The van der Waals surface area contributed by atoms with E-state index in [0.717, 1.165) is 32.9 Å². The van der Waals surface area contributed by atoms with Crippen molar-refractivity contribution in [3.05, 3.63) is 60.9 Å². The van der Waals surface area contributed by atoms with Gasteiger partial charge in [0, 0.05) is 22.5 Å². The zero-order chi connectivity index (χ0) is 17.5. The van der Waals surface area contributed by atoms with Gasteiger partial charge in [-0.05, 0) is 41.5 Å². The van der Waals surface area contributed by atoms with Crippen LogP contribution in [0.3, 0.4) is 0 Å². The summed E-state index contributed by atoms with van der Waals surface area (Å²) < 4.78 is 0. The largest absolute Gasteiger partial charge is 0.361 e. The molecule has 4 aromatic rings. The van der Waals surface area contributed by atoms with Gasteiger partial charge < -0.3 is 10.3 Å². The van der Waals surface area contributed by atoms with E-state index in [-0.39, 0.29) is 5.91 Å². The smallest absolute Gasteiger partial charge is 0.273 e. The van der Waals surface area contributed by atoms with Gasteiger partial charge >= 0.3 is 0 Å². The van der Waals surface area contributed by atoms with Crippen molar-refractivity contribution >= 4 is 39.1 Å². The van der Waals surface area contributed by atoms with Gasteiger partial charge in [0.25, 0.3) is 5.91 Å². The van der Waals surface area contributed by atoms with Gasteiger partial charge in [0.05, 0.1) is 23.9 Å². The minimum atomic E-state index is -0.210. The minimum absolute atomic E-state index is 0.210. The van der Waals surface area contributed by atoms with Crippen molar-refractivity contribution in [2.75, 3.05) is 11.9 Å². The van der Waals surface area contributed by atoms with E-state index in [1.54, 1.807) is 12.3 Å². The summed E-state index contributed by atoms with van der Waals surface area (Å²) in [5, 5.41) is 12.1. The Morgan fingerprint density at radius 3 is 2.96 bits per heavy atom. The lowest BCUT2D eigenvalue weighted by atomic mass is 9.99. The zero-order valence-corrected chi connectivity index (χ0v) is 13.8. The molecule has 126 valence electrons. The Balaban J connectivity index is 1.64. The van der Waals surface area contributed by atoms with Crippen molar-refractivity contribution in [3.63, 3.8) is 0 Å². The summed E-state index contributed by atoms with van der Waals surface area (Å²) in [5.74, 6) is -0.210. The summed E-state index contributed by atoms with van der Waals surface area (Å²) in [4.78, 5) is 19.9. The van der Waals surface area contributed by atoms with E-state index in [2.05, 4.69) is 37.6 Å². The summed E-state index contributed by atoms with van der Waals surface area (Å²) in [6, 6.07) is 12.2. The first-order valence-electron chi connectivity index (χ1n) is 8.35. The number of nitrogens with zero attached hydrogens (tertiary/aromatic N) is 2. The molecular formula is C20H15N5O. The van der Waals surface area contributed by atoms with Crippen LogP contribution in [0.2, 0.25) is 0 Å². The highest BCUT2D eigenvalue weighted by molar-refractivity contribution is 6.48. The minimum Gasteiger partial charge on any atom is -0.361 e. The number of rotatable bonds is 3. The van der Waals surface area contributed by atoms with E-state index in [9.17, 15) is 4.79 Å². The molecule has 2 aromatic heterocycles. The Bertz CT molecular complexity index is 1210. The Kier molecular flexibility index (Phi) is 3.21. The fourth-order valence-electron chi connectivity index (χ4n) is 3.35. The quantitative estimate of drug-likeness (QED) is 0.531. The summed E-state index contributed by atoms with van der Waals surface area (Å²) in [6.45, 7) is 0.555. The predicted octanol–water partition coefficient (Wildman–Crippen LogP) is 3.66. The van der Waals surface area contributed by atoms with Crippen LogP contribution in [-0.4, -0.2) is 33.3 Å². The second-order valence-corrected chi connectivity index (χ2v) is 6.18. The summed E-state index contributed by atoms with van der Waals surface area (Å²) in [7, 11) is 0. The van der Waals surface area contributed by atoms with Crippen molar-refractivity contribution in [3.8, 4) is 11.1 Å². The standard InChI is InChI=1S/C20H15N5O/c26-20(17-5-2-7-21-17)24-18-9-12(10-19-15(18)11-23-25-19)13-3-1-4-16-14(13)6-8-22-16/h1-6,8-11,22H,7H2,(H,23,25)(H,24,26). The van der Waals surface area contributed by atoms with E-state index >= 15 is 0 Å². The van der Waals surface area contributed by atoms with Crippen LogP contribution in [0.25, 0.3) is 32.9 Å². The average molecular weight is 341 g/mol. The normalized spacial score (nSPS) is 13.5. The third kappa shape index (κ3) is 2.31. The molecule has 0 bridgehead atoms. The lowest BCUT2D eigenvalue weighted by Gasteiger charge is -2.10.